The molecule has 8 heteroatoms. The first-order chi connectivity index (χ1) is 17.6. The number of rotatable bonds is 1. The van der Waals surface area contributed by atoms with E-state index >= 15 is 0 Å². The lowest BCUT2D eigenvalue weighted by Gasteiger charge is -2.31. The summed E-state index contributed by atoms with van der Waals surface area (Å²) in [5.74, 6) is -1.19. The molecule has 0 aromatic heterocycles. The van der Waals surface area contributed by atoms with Crippen LogP contribution in [0.15, 0.2) is 59.9 Å². The van der Waals surface area contributed by atoms with E-state index in [2.05, 4.69) is 16.7 Å². The lowest BCUT2D eigenvalue weighted by atomic mass is 9.76. The fourth-order valence-corrected chi connectivity index (χ4v) is 6.74. The van der Waals surface area contributed by atoms with Gasteiger partial charge in [-0.1, -0.05) is 43.4 Å². The molecule has 1 saturated heterocycles. The van der Waals surface area contributed by atoms with E-state index in [1.807, 2.05) is 19.1 Å². The summed E-state index contributed by atoms with van der Waals surface area (Å²) < 4.78 is 0. The molecular formula is C29H36N2O6. The van der Waals surface area contributed by atoms with Gasteiger partial charge < -0.3 is 20.8 Å². The minimum atomic E-state index is -1.29. The highest BCUT2D eigenvalue weighted by Gasteiger charge is 2.58. The molecule has 3 fully saturated rings. The zero-order valence-corrected chi connectivity index (χ0v) is 21.4. The van der Waals surface area contributed by atoms with Gasteiger partial charge in [0.15, 0.2) is 11.6 Å². The number of Topliss-reactive ketones (excluding diaryl/α,β-unsaturated/α-hetero) is 2. The molecule has 4 aliphatic rings. The zero-order chi connectivity index (χ0) is 26.7. The van der Waals surface area contributed by atoms with Crippen molar-refractivity contribution in [2.45, 2.75) is 57.6 Å². The lowest BCUT2D eigenvalue weighted by Crippen LogP contribution is -2.42. The summed E-state index contributed by atoms with van der Waals surface area (Å²) in [5, 5.41) is 26.8. The van der Waals surface area contributed by atoms with Crippen LogP contribution in [0.3, 0.4) is 0 Å². The van der Waals surface area contributed by atoms with Crippen LogP contribution in [-0.4, -0.2) is 51.8 Å². The van der Waals surface area contributed by atoms with Gasteiger partial charge in [0.05, 0.1) is 6.04 Å². The molecule has 4 N–H and O–H groups in total. The number of aliphatic hydroxyl groups is 2. The summed E-state index contributed by atoms with van der Waals surface area (Å²) in [5.41, 5.74) is -1.54. The van der Waals surface area contributed by atoms with Crippen molar-refractivity contribution >= 4 is 23.4 Å². The largest absolute Gasteiger partial charge is 0.507 e. The Hall–Kier alpha value is -3.26. The van der Waals surface area contributed by atoms with Gasteiger partial charge in [0.1, 0.15) is 16.9 Å². The number of carbonyl (C=O) groups is 4. The van der Waals surface area contributed by atoms with E-state index in [1.165, 1.54) is 19.1 Å². The van der Waals surface area contributed by atoms with Crippen LogP contribution in [0.1, 0.15) is 46.0 Å². The number of nitrogens with one attached hydrogen (secondary N) is 2. The Morgan fingerprint density at radius 3 is 2.62 bits per heavy atom. The molecule has 0 radical (unpaired) electrons. The van der Waals surface area contributed by atoms with Crippen molar-refractivity contribution in [1.82, 2.24) is 10.6 Å². The molecule has 0 spiro atoms. The second-order valence-electron chi connectivity index (χ2n) is 10.7. The van der Waals surface area contributed by atoms with Gasteiger partial charge in [-0.05, 0) is 74.7 Å². The van der Waals surface area contributed by atoms with Crippen LogP contribution >= 0.6 is 0 Å². The molecule has 0 aromatic rings. The van der Waals surface area contributed by atoms with Crippen LogP contribution in [-0.2, 0) is 19.2 Å². The number of ketones is 2. The molecule has 7 atom stereocenters. The van der Waals surface area contributed by atoms with Crippen molar-refractivity contribution in [3.63, 3.8) is 0 Å². The first-order valence-corrected chi connectivity index (χ1v) is 13.1. The summed E-state index contributed by atoms with van der Waals surface area (Å²) in [4.78, 5) is 49.3. The highest BCUT2D eigenvalue weighted by Crippen LogP contribution is 2.58. The Morgan fingerprint density at radius 2 is 1.86 bits per heavy atom. The fraction of sp³-hybridized carbons (Fsp3) is 0.517. The maximum absolute atomic E-state index is 12.6. The number of amides is 2. The normalized spacial score (nSPS) is 36.8. The monoisotopic (exact) mass is 508 g/mol. The van der Waals surface area contributed by atoms with Crippen LogP contribution in [0.2, 0.25) is 0 Å². The van der Waals surface area contributed by atoms with Crippen molar-refractivity contribution in [2.75, 3.05) is 6.54 Å². The Bertz CT molecular complexity index is 1120. The van der Waals surface area contributed by atoms with Crippen molar-refractivity contribution in [1.29, 1.82) is 0 Å². The third-order valence-corrected chi connectivity index (χ3v) is 8.62. The van der Waals surface area contributed by atoms with Crippen molar-refractivity contribution < 1.29 is 29.4 Å². The van der Waals surface area contributed by atoms with Crippen molar-refractivity contribution in [2.24, 2.45) is 29.6 Å². The molecule has 2 aliphatic carbocycles. The highest BCUT2D eigenvalue weighted by molar-refractivity contribution is 6.27. The van der Waals surface area contributed by atoms with Gasteiger partial charge in [-0.15, -0.1) is 0 Å². The SMILES string of the molecule is CC(=O)C1(O)CC2CC3C=CC=CC(=O)NCCCC4NC(=O)C(=C(O)C=CC=CCC3C2C1C)C4=O. The van der Waals surface area contributed by atoms with E-state index in [0.717, 1.165) is 6.42 Å². The number of hydrogen-bond acceptors (Lipinski definition) is 6. The average Bonchev–Trinajstić information content (AvgIpc) is 3.41. The second-order valence-corrected chi connectivity index (χ2v) is 10.7. The molecule has 2 saturated carbocycles. The third-order valence-electron chi connectivity index (χ3n) is 8.62. The predicted molar refractivity (Wildman–Crippen MR) is 138 cm³/mol. The first-order valence-electron chi connectivity index (χ1n) is 13.1. The fourth-order valence-electron chi connectivity index (χ4n) is 6.74. The molecule has 7 unspecified atom stereocenters. The second kappa shape index (κ2) is 11.0. The van der Waals surface area contributed by atoms with Crippen LogP contribution < -0.4 is 10.6 Å². The van der Waals surface area contributed by atoms with Gasteiger partial charge in [0.2, 0.25) is 5.91 Å². The van der Waals surface area contributed by atoms with E-state index in [4.69, 9.17) is 0 Å². The molecule has 37 heavy (non-hydrogen) atoms. The maximum atomic E-state index is 12.6. The molecule has 2 aliphatic heterocycles. The summed E-state index contributed by atoms with van der Waals surface area (Å²) in [7, 11) is 0. The Morgan fingerprint density at radius 1 is 1.11 bits per heavy atom. The third kappa shape index (κ3) is 5.39. The molecule has 198 valence electrons. The average molecular weight is 509 g/mol. The number of allylic oxidation sites excluding steroid dienone is 7. The van der Waals surface area contributed by atoms with Gasteiger partial charge in [-0.3, -0.25) is 19.2 Å². The van der Waals surface area contributed by atoms with E-state index in [-0.39, 0.29) is 52.6 Å². The topological polar surface area (TPSA) is 133 Å². The Balaban J connectivity index is 1.59. The molecular weight excluding hydrogens is 472 g/mol. The summed E-state index contributed by atoms with van der Waals surface area (Å²) in [6.07, 6.45) is 16.8. The Kier molecular flexibility index (Phi) is 7.97. The van der Waals surface area contributed by atoms with Gasteiger partial charge in [-0.25, -0.2) is 0 Å². The van der Waals surface area contributed by atoms with Crippen LogP contribution in [0.25, 0.3) is 0 Å². The van der Waals surface area contributed by atoms with Gasteiger partial charge >= 0.3 is 0 Å². The summed E-state index contributed by atoms with van der Waals surface area (Å²) in [6.45, 7) is 3.78. The maximum Gasteiger partial charge on any atom is 0.259 e. The summed E-state index contributed by atoms with van der Waals surface area (Å²) in [6, 6.07) is -0.719. The minimum absolute atomic E-state index is 0.164. The first kappa shape index (κ1) is 26.8. The van der Waals surface area contributed by atoms with E-state index in [9.17, 15) is 29.4 Å². The number of fused-ring (bicyclic) bond motifs is 5. The lowest BCUT2D eigenvalue weighted by molar-refractivity contribution is -0.139. The van der Waals surface area contributed by atoms with E-state index in [0.29, 0.717) is 32.2 Å². The molecule has 8 nitrogen and oxygen atoms in total. The molecule has 2 amide bonds. The molecule has 2 heterocycles. The smallest absolute Gasteiger partial charge is 0.259 e. The summed E-state index contributed by atoms with van der Waals surface area (Å²) >= 11 is 0. The van der Waals surface area contributed by atoms with Crippen LogP contribution in [0.5, 0.6) is 0 Å². The van der Waals surface area contributed by atoms with Crippen LogP contribution in [0, 0.1) is 29.6 Å². The van der Waals surface area contributed by atoms with E-state index < -0.39 is 23.3 Å². The predicted octanol–water partition coefficient (Wildman–Crippen LogP) is 2.62. The number of aliphatic hydroxyl groups excluding tert-OH is 1. The number of carbonyl (C=O) groups excluding carboxylic acids is 4. The van der Waals surface area contributed by atoms with Crippen molar-refractivity contribution in [3.05, 3.63) is 59.9 Å². The zero-order valence-electron chi connectivity index (χ0n) is 21.4. The minimum Gasteiger partial charge on any atom is -0.507 e. The van der Waals surface area contributed by atoms with Crippen LogP contribution in [0.4, 0.5) is 0 Å². The number of hydrogen-bond donors (Lipinski definition) is 4. The molecule has 2 bridgehead atoms. The van der Waals surface area contributed by atoms with Gasteiger partial charge in [0.25, 0.3) is 5.91 Å². The molecule has 4 rings (SSSR count). The van der Waals surface area contributed by atoms with Crippen molar-refractivity contribution in [3.8, 4) is 0 Å². The quantitative estimate of drug-likeness (QED) is 0.403. The Labute approximate surface area is 217 Å². The highest BCUT2D eigenvalue weighted by atomic mass is 16.3. The van der Waals surface area contributed by atoms with Gasteiger partial charge in [0, 0.05) is 12.6 Å². The molecule has 0 aromatic carbocycles. The van der Waals surface area contributed by atoms with Gasteiger partial charge in [-0.2, -0.15) is 0 Å². The standard InChI is InChI=1S/C29H36N2O6/c1-17-25-20(16-29(17,37)18(2)32)15-19-9-6-7-13-24(34)30-14-8-11-22-27(35)26(28(36)31-22)23(33)12-5-3-4-10-21(19)25/h3-7,9,12-13,17,19-22,25,33,37H,8,10-11,14-16H2,1-2H3,(H,30,34)(H,31,36). The van der Waals surface area contributed by atoms with E-state index in [1.54, 1.807) is 18.2 Å².